The van der Waals surface area contributed by atoms with Crippen molar-refractivity contribution in [2.75, 3.05) is 18.4 Å². The van der Waals surface area contributed by atoms with E-state index in [9.17, 15) is 22.8 Å². The van der Waals surface area contributed by atoms with Gasteiger partial charge in [-0.1, -0.05) is 31.5 Å². The molecule has 0 saturated carbocycles. The van der Waals surface area contributed by atoms with Crippen molar-refractivity contribution in [3.63, 3.8) is 0 Å². The number of imide groups is 1. The number of rotatable bonds is 6. The van der Waals surface area contributed by atoms with Crippen LogP contribution in [-0.2, 0) is 10.0 Å². The fourth-order valence-electron chi connectivity index (χ4n) is 3.06. The molecule has 3 amide bonds. The Balaban J connectivity index is 1.98. The number of hydrogen-bond acceptors (Lipinski definition) is 5. The topological polar surface area (TPSA) is 113 Å². The molecule has 0 aromatic heterocycles. The Morgan fingerprint density at radius 3 is 2.45 bits per heavy atom. The zero-order valence-corrected chi connectivity index (χ0v) is 17.2. The normalized spacial score (nSPS) is 13.4. The number of anilines is 1. The molecule has 0 saturated heterocycles. The van der Waals surface area contributed by atoms with Crippen LogP contribution in [0.25, 0.3) is 0 Å². The molecule has 0 fully saturated rings. The molecule has 8 nitrogen and oxygen atoms in total. The average Bonchev–Trinajstić information content (AvgIpc) is 2.97. The first-order valence-electron chi connectivity index (χ1n) is 8.80. The number of carbonyl (C=O) groups excluding carboxylic acids is 3. The summed E-state index contributed by atoms with van der Waals surface area (Å²) in [5.74, 6) is -1.87. The minimum Gasteiger partial charge on any atom is -0.321 e. The second-order valence-electron chi connectivity index (χ2n) is 6.20. The summed E-state index contributed by atoms with van der Waals surface area (Å²) >= 11 is 6.12. The smallest absolute Gasteiger partial charge is 0.261 e. The molecule has 152 valence electrons. The summed E-state index contributed by atoms with van der Waals surface area (Å²) in [5, 5.41) is 4.75. The standard InChI is InChI=1S/C19H18ClN3O5S/c1-3-23(4-2)29(27,28)11-8-9-14(20)13(10-11)18(25)21-15-7-5-6-12-16(15)19(26)22-17(12)24/h5-10H,3-4H2,1-2H3,(H,21,25)(H,22,24,26). The third-order valence-corrected chi connectivity index (χ3v) is 6.91. The van der Waals surface area contributed by atoms with E-state index in [2.05, 4.69) is 10.6 Å². The largest absolute Gasteiger partial charge is 0.321 e. The van der Waals surface area contributed by atoms with Crippen molar-refractivity contribution in [2.24, 2.45) is 0 Å². The monoisotopic (exact) mass is 435 g/mol. The van der Waals surface area contributed by atoms with Crippen LogP contribution in [0.4, 0.5) is 5.69 Å². The van der Waals surface area contributed by atoms with Gasteiger partial charge in [0.15, 0.2) is 0 Å². The predicted molar refractivity (Wildman–Crippen MR) is 108 cm³/mol. The van der Waals surface area contributed by atoms with Gasteiger partial charge < -0.3 is 5.32 Å². The van der Waals surface area contributed by atoms with E-state index in [-0.39, 0.29) is 45.4 Å². The molecular weight excluding hydrogens is 418 g/mol. The van der Waals surface area contributed by atoms with Crippen LogP contribution < -0.4 is 10.6 Å². The Labute approximate surface area is 172 Å². The quantitative estimate of drug-likeness (QED) is 0.677. The minimum absolute atomic E-state index is 0.0499. The fraction of sp³-hybridized carbons (Fsp3) is 0.211. The summed E-state index contributed by atoms with van der Waals surface area (Å²) in [6, 6.07) is 8.32. The van der Waals surface area contributed by atoms with Crippen LogP contribution in [-0.4, -0.2) is 43.5 Å². The van der Waals surface area contributed by atoms with Gasteiger partial charge in [0.1, 0.15) is 0 Å². The first-order valence-corrected chi connectivity index (χ1v) is 10.6. The molecule has 2 N–H and O–H groups in total. The Morgan fingerprint density at radius 2 is 1.79 bits per heavy atom. The van der Waals surface area contributed by atoms with Crippen LogP contribution in [0.2, 0.25) is 5.02 Å². The summed E-state index contributed by atoms with van der Waals surface area (Å²) in [6.07, 6.45) is 0. The predicted octanol–water partition coefficient (Wildman–Crippen LogP) is 2.51. The number of hydrogen-bond donors (Lipinski definition) is 2. The number of sulfonamides is 1. The van der Waals surface area contributed by atoms with Gasteiger partial charge in [0.05, 0.1) is 32.3 Å². The summed E-state index contributed by atoms with van der Waals surface area (Å²) in [6.45, 7) is 3.99. The van der Waals surface area contributed by atoms with Gasteiger partial charge >= 0.3 is 0 Å². The van der Waals surface area contributed by atoms with E-state index in [1.165, 1.54) is 40.7 Å². The lowest BCUT2D eigenvalue weighted by Crippen LogP contribution is -2.30. The van der Waals surface area contributed by atoms with Crippen molar-refractivity contribution in [3.05, 3.63) is 58.1 Å². The van der Waals surface area contributed by atoms with Crippen LogP contribution >= 0.6 is 11.6 Å². The Kier molecular flexibility index (Phi) is 5.74. The first-order chi connectivity index (χ1) is 13.7. The van der Waals surface area contributed by atoms with Gasteiger partial charge in [-0.25, -0.2) is 8.42 Å². The number of carbonyl (C=O) groups is 3. The van der Waals surface area contributed by atoms with Crippen molar-refractivity contribution in [2.45, 2.75) is 18.7 Å². The summed E-state index contributed by atoms with van der Waals surface area (Å²) in [7, 11) is -3.79. The van der Waals surface area contributed by atoms with Gasteiger partial charge in [0.25, 0.3) is 17.7 Å². The molecule has 0 radical (unpaired) electrons. The van der Waals surface area contributed by atoms with Crippen molar-refractivity contribution >= 4 is 45.0 Å². The maximum Gasteiger partial charge on any atom is 0.261 e. The molecule has 2 aromatic carbocycles. The van der Waals surface area contributed by atoms with Gasteiger partial charge in [0, 0.05) is 13.1 Å². The molecule has 0 atom stereocenters. The lowest BCUT2D eigenvalue weighted by molar-refractivity contribution is 0.0879. The van der Waals surface area contributed by atoms with Gasteiger partial charge in [0.2, 0.25) is 10.0 Å². The van der Waals surface area contributed by atoms with Crippen molar-refractivity contribution in [1.82, 2.24) is 9.62 Å². The highest BCUT2D eigenvalue weighted by atomic mass is 35.5. The number of nitrogens with zero attached hydrogens (tertiary/aromatic N) is 1. The van der Waals surface area contributed by atoms with Gasteiger partial charge in [-0.3, -0.25) is 19.7 Å². The van der Waals surface area contributed by atoms with Crippen molar-refractivity contribution in [3.8, 4) is 0 Å². The van der Waals surface area contributed by atoms with Crippen LogP contribution in [0.15, 0.2) is 41.3 Å². The summed E-state index contributed by atoms with van der Waals surface area (Å²) in [4.78, 5) is 36.5. The average molecular weight is 436 g/mol. The molecule has 1 heterocycles. The lowest BCUT2D eigenvalue weighted by Gasteiger charge is -2.19. The lowest BCUT2D eigenvalue weighted by atomic mass is 10.1. The highest BCUT2D eigenvalue weighted by Gasteiger charge is 2.30. The SMILES string of the molecule is CCN(CC)S(=O)(=O)c1ccc(Cl)c(C(=O)Nc2cccc3c2C(=O)NC3=O)c1. The van der Waals surface area contributed by atoms with Crippen molar-refractivity contribution < 1.29 is 22.8 Å². The third-order valence-electron chi connectivity index (χ3n) is 4.54. The molecule has 1 aliphatic rings. The van der Waals surface area contributed by atoms with Gasteiger partial charge in [-0.05, 0) is 30.3 Å². The number of amides is 3. The fourth-order valence-corrected chi connectivity index (χ4v) is 4.75. The van der Waals surface area contributed by atoms with Crippen molar-refractivity contribution in [1.29, 1.82) is 0 Å². The molecule has 10 heteroatoms. The van der Waals surface area contributed by atoms with Crippen LogP contribution in [0.5, 0.6) is 0 Å². The molecule has 0 spiro atoms. The summed E-state index contributed by atoms with van der Waals surface area (Å²) in [5.41, 5.74) is 0.261. The van der Waals surface area contributed by atoms with E-state index < -0.39 is 27.7 Å². The van der Waals surface area contributed by atoms with E-state index >= 15 is 0 Å². The highest BCUT2D eigenvalue weighted by molar-refractivity contribution is 7.89. The zero-order valence-electron chi connectivity index (χ0n) is 15.7. The van der Waals surface area contributed by atoms with E-state index in [1.54, 1.807) is 13.8 Å². The van der Waals surface area contributed by atoms with E-state index in [1.807, 2.05) is 0 Å². The molecule has 0 aliphatic carbocycles. The Morgan fingerprint density at radius 1 is 1.10 bits per heavy atom. The molecule has 3 rings (SSSR count). The third kappa shape index (κ3) is 3.76. The maximum atomic E-state index is 12.8. The number of fused-ring (bicyclic) bond motifs is 1. The van der Waals surface area contributed by atoms with Gasteiger partial charge in [-0.15, -0.1) is 0 Å². The van der Waals surface area contributed by atoms with E-state index in [0.29, 0.717) is 0 Å². The zero-order chi connectivity index (χ0) is 21.3. The molecule has 0 unspecified atom stereocenters. The number of nitrogens with one attached hydrogen (secondary N) is 2. The Hall–Kier alpha value is -2.75. The summed E-state index contributed by atoms with van der Waals surface area (Å²) < 4.78 is 26.7. The molecule has 0 bridgehead atoms. The maximum absolute atomic E-state index is 12.8. The van der Waals surface area contributed by atoms with Crippen LogP contribution in [0.3, 0.4) is 0 Å². The first kappa shape index (κ1) is 21.0. The molecule has 29 heavy (non-hydrogen) atoms. The minimum atomic E-state index is -3.79. The molecule has 1 aliphatic heterocycles. The van der Waals surface area contributed by atoms with E-state index in [4.69, 9.17) is 11.6 Å². The molecular formula is C19H18ClN3O5S. The second kappa shape index (κ2) is 7.94. The van der Waals surface area contributed by atoms with Crippen LogP contribution in [0, 0.1) is 0 Å². The van der Waals surface area contributed by atoms with Crippen LogP contribution in [0.1, 0.15) is 44.9 Å². The number of halogens is 1. The molecule has 2 aromatic rings. The van der Waals surface area contributed by atoms with Gasteiger partial charge in [-0.2, -0.15) is 4.31 Å². The Bertz CT molecular complexity index is 1130. The second-order valence-corrected chi connectivity index (χ2v) is 8.54. The highest BCUT2D eigenvalue weighted by Crippen LogP contribution is 2.27. The van der Waals surface area contributed by atoms with E-state index in [0.717, 1.165) is 0 Å². The number of benzene rings is 2.